The Kier molecular flexibility index (Phi) is 5.58. The third kappa shape index (κ3) is 3.64. The van der Waals surface area contributed by atoms with Crippen LogP contribution in [0.4, 0.5) is 0 Å². The third-order valence-corrected chi connectivity index (χ3v) is 7.14. The highest BCUT2D eigenvalue weighted by Gasteiger charge is 2.22. The molecule has 0 spiro atoms. The van der Waals surface area contributed by atoms with Crippen molar-refractivity contribution in [3.05, 3.63) is 57.4 Å². The molecule has 0 aliphatic rings. The monoisotopic (exact) mass is 468 g/mol. The van der Waals surface area contributed by atoms with Crippen molar-refractivity contribution in [1.82, 2.24) is 19.6 Å². The highest BCUT2D eigenvalue weighted by atomic mass is 79.9. The summed E-state index contributed by atoms with van der Waals surface area (Å²) in [4.78, 5) is 12.0. The van der Waals surface area contributed by atoms with Crippen LogP contribution in [-0.2, 0) is 0 Å². The molecular formula is C23H25BrN4S. The van der Waals surface area contributed by atoms with Crippen LogP contribution in [0.25, 0.3) is 26.8 Å². The second-order valence-corrected chi connectivity index (χ2v) is 9.37. The quantitative estimate of drug-likeness (QED) is 0.293. The Bertz CT molecular complexity index is 1190. The molecular weight excluding hydrogens is 444 g/mol. The standard InChI is InChI=1S/C23H25BrN4S/c1-6-16(7-2)17-12-14(4)27-28-21(15(5)25-23(17)28)22-13(3)11-19(29-22)18-9-8-10-20(24)26-18/h8-12,16H,6-7H2,1-5H3. The highest BCUT2D eigenvalue weighted by molar-refractivity contribution is 9.10. The first-order valence-corrected chi connectivity index (χ1v) is 11.6. The molecule has 0 amide bonds. The summed E-state index contributed by atoms with van der Waals surface area (Å²) in [6, 6.07) is 10.4. The van der Waals surface area contributed by atoms with E-state index in [0.29, 0.717) is 5.92 Å². The molecule has 150 valence electrons. The SMILES string of the molecule is CCC(CC)c1cc(C)nn2c(-c3sc(-c4cccc(Br)n4)cc3C)c(C)nc12. The van der Waals surface area contributed by atoms with Gasteiger partial charge in [0.2, 0.25) is 0 Å². The fourth-order valence-corrected chi connectivity index (χ4v) is 5.53. The minimum atomic E-state index is 0.500. The van der Waals surface area contributed by atoms with Crippen molar-refractivity contribution in [1.29, 1.82) is 0 Å². The normalized spacial score (nSPS) is 11.7. The van der Waals surface area contributed by atoms with Crippen LogP contribution in [0, 0.1) is 20.8 Å². The molecule has 0 fully saturated rings. The molecule has 0 aromatic carbocycles. The molecule has 29 heavy (non-hydrogen) atoms. The number of imidazole rings is 1. The number of aromatic nitrogens is 4. The number of pyridine rings is 1. The second kappa shape index (κ2) is 8.00. The van der Waals surface area contributed by atoms with Crippen LogP contribution >= 0.6 is 27.3 Å². The number of aryl methyl sites for hydroxylation is 3. The summed E-state index contributed by atoms with van der Waals surface area (Å²) in [6.07, 6.45) is 2.21. The predicted octanol–water partition coefficient (Wildman–Crippen LogP) is 7.11. The van der Waals surface area contributed by atoms with Gasteiger partial charge < -0.3 is 0 Å². The van der Waals surface area contributed by atoms with E-state index >= 15 is 0 Å². The van der Waals surface area contributed by atoms with Gasteiger partial charge in [-0.15, -0.1) is 11.3 Å². The van der Waals surface area contributed by atoms with Crippen molar-refractivity contribution in [3.8, 4) is 21.1 Å². The molecule has 0 bridgehead atoms. The van der Waals surface area contributed by atoms with E-state index in [0.717, 1.165) is 50.7 Å². The van der Waals surface area contributed by atoms with Gasteiger partial charge in [0.15, 0.2) is 5.65 Å². The Hall–Kier alpha value is -2.05. The van der Waals surface area contributed by atoms with Gasteiger partial charge in [0, 0.05) is 5.56 Å². The smallest absolute Gasteiger partial charge is 0.158 e. The maximum atomic E-state index is 4.97. The van der Waals surface area contributed by atoms with Gasteiger partial charge in [-0.25, -0.2) is 14.5 Å². The summed E-state index contributed by atoms with van der Waals surface area (Å²) in [5.41, 5.74) is 7.65. The molecule has 0 N–H and O–H groups in total. The zero-order chi connectivity index (χ0) is 20.7. The fourth-order valence-electron chi connectivity index (χ4n) is 3.96. The average Bonchev–Trinajstić information content (AvgIpc) is 3.21. The van der Waals surface area contributed by atoms with Gasteiger partial charge in [-0.05, 0) is 85.3 Å². The summed E-state index contributed by atoms with van der Waals surface area (Å²) in [6.45, 7) is 10.8. The second-order valence-electron chi connectivity index (χ2n) is 7.50. The van der Waals surface area contributed by atoms with E-state index in [9.17, 15) is 0 Å². The zero-order valence-electron chi connectivity index (χ0n) is 17.5. The van der Waals surface area contributed by atoms with E-state index in [2.05, 4.69) is 78.2 Å². The van der Waals surface area contributed by atoms with E-state index in [1.54, 1.807) is 11.3 Å². The molecule has 4 nitrogen and oxygen atoms in total. The van der Waals surface area contributed by atoms with Gasteiger partial charge in [-0.2, -0.15) is 5.10 Å². The topological polar surface area (TPSA) is 43.1 Å². The molecule has 0 aliphatic carbocycles. The van der Waals surface area contributed by atoms with Crippen LogP contribution in [0.15, 0.2) is 34.9 Å². The van der Waals surface area contributed by atoms with Crippen molar-refractivity contribution >= 4 is 32.9 Å². The molecule has 0 unspecified atom stereocenters. The van der Waals surface area contributed by atoms with Gasteiger partial charge in [-0.3, -0.25) is 0 Å². The van der Waals surface area contributed by atoms with Gasteiger partial charge >= 0.3 is 0 Å². The molecule has 0 aliphatic heterocycles. The predicted molar refractivity (Wildman–Crippen MR) is 125 cm³/mol. The Morgan fingerprint density at radius 3 is 2.52 bits per heavy atom. The number of thiophene rings is 1. The lowest BCUT2D eigenvalue weighted by Gasteiger charge is -2.14. The molecule has 0 saturated carbocycles. The summed E-state index contributed by atoms with van der Waals surface area (Å²) in [7, 11) is 0. The molecule has 4 heterocycles. The third-order valence-electron chi connectivity index (χ3n) is 5.43. The van der Waals surface area contributed by atoms with E-state index in [1.807, 2.05) is 12.1 Å². The summed E-state index contributed by atoms with van der Waals surface area (Å²) >= 11 is 5.24. The van der Waals surface area contributed by atoms with Crippen LogP contribution in [0.5, 0.6) is 0 Å². The highest BCUT2D eigenvalue weighted by Crippen LogP contribution is 2.40. The molecule has 4 aromatic rings. The number of nitrogens with zero attached hydrogens (tertiary/aromatic N) is 4. The first-order chi connectivity index (χ1) is 13.9. The molecule has 6 heteroatoms. The van der Waals surface area contributed by atoms with Crippen molar-refractivity contribution in [2.45, 2.75) is 53.4 Å². The zero-order valence-corrected chi connectivity index (χ0v) is 19.9. The summed E-state index contributed by atoms with van der Waals surface area (Å²) in [5.74, 6) is 0.500. The molecule has 0 radical (unpaired) electrons. The molecule has 0 atom stereocenters. The lowest BCUT2D eigenvalue weighted by Crippen LogP contribution is -2.05. The number of fused-ring (bicyclic) bond motifs is 1. The number of rotatable bonds is 5. The Morgan fingerprint density at radius 1 is 1.07 bits per heavy atom. The van der Waals surface area contributed by atoms with Crippen LogP contribution in [0.3, 0.4) is 0 Å². The Labute approximate surface area is 184 Å². The van der Waals surface area contributed by atoms with E-state index in [1.165, 1.54) is 16.0 Å². The van der Waals surface area contributed by atoms with Crippen LogP contribution in [-0.4, -0.2) is 19.6 Å². The first kappa shape index (κ1) is 20.2. The minimum Gasteiger partial charge on any atom is -0.240 e. The minimum absolute atomic E-state index is 0.500. The van der Waals surface area contributed by atoms with Crippen molar-refractivity contribution in [3.63, 3.8) is 0 Å². The van der Waals surface area contributed by atoms with Crippen LogP contribution in [0.1, 0.15) is 55.1 Å². The molecule has 0 saturated heterocycles. The maximum absolute atomic E-state index is 4.97. The van der Waals surface area contributed by atoms with Gasteiger partial charge in [0.05, 0.1) is 26.8 Å². The van der Waals surface area contributed by atoms with Crippen LogP contribution < -0.4 is 0 Å². The number of hydrogen-bond acceptors (Lipinski definition) is 4. The molecule has 4 aromatic heterocycles. The van der Waals surface area contributed by atoms with Gasteiger partial charge in [0.25, 0.3) is 0 Å². The average molecular weight is 469 g/mol. The lowest BCUT2D eigenvalue weighted by atomic mass is 9.95. The number of halogens is 1. The Morgan fingerprint density at radius 2 is 1.83 bits per heavy atom. The molecule has 4 rings (SSSR count). The Balaban J connectivity index is 1.92. The van der Waals surface area contributed by atoms with E-state index < -0.39 is 0 Å². The maximum Gasteiger partial charge on any atom is 0.158 e. The summed E-state index contributed by atoms with van der Waals surface area (Å²) < 4.78 is 2.91. The first-order valence-electron chi connectivity index (χ1n) is 10.0. The summed E-state index contributed by atoms with van der Waals surface area (Å²) in [5, 5.41) is 4.86. The van der Waals surface area contributed by atoms with Gasteiger partial charge in [-0.1, -0.05) is 19.9 Å². The fraction of sp³-hybridized carbons (Fsp3) is 0.348. The largest absolute Gasteiger partial charge is 0.240 e. The van der Waals surface area contributed by atoms with Crippen molar-refractivity contribution in [2.75, 3.05) is 0 Å². The van der Waals surface area contributed by atoms with Gasteiger partial charge in [0.1, 0.15) is 10.3 Å². The van der Waals surface area contributed by atoms with E-state index in [-0.39, 0.29) is 0 Å². The lowest BCUT2D eigenvalue weighted by molar-refractivity contribution is 0.638. The van der Waals surface area contributed by atoms with Crippen molar-refractivity contribution < 1.29 is 0 Å². The van der Waals surface area contributed by atoms with Crippen LogP contribution in [0.2, 0.25) is 0 Å². The van der Waals surface area contributed by atoms with Crippen molar-refractivity contribution in [2.24, 2.45) is 0 Å². The number of hydrogen-bond donors (Lipinski definition) is 0. The van der Waals surface area contributed by atoms with E-state index in [4.69, 9.17) is 10.1 Å².